The Hall–Kier alpha value is -0.980. The van der Waals surface area contributed by atoms with Crippen molar-refractivity contribution in [3.8, 4) is 0 Å². The fourth-order valence-electron chi connectivity index (χ4n) is 2.84. The van der Waals surface area contributed by atoms with Gasteiger partial charge in [-0.05, 0) is 18.9 Å². The van der Waals surface area contributed by atoms with Crippen LogP contribution in [0.3, 0.4) is 0 Å². The maximum Gasteiger partial charge on any atom is 0.153 e. The van der Waals surface area contributed by atoms with Crippen molar-refractivity contribution in [1.82, 2.24) is 4.90 Å². The molecule has 2 rings (SSSR count). The van der Waals surface area contributed by atoms with Gasteiger partial charge in [0.2, 0.25) is 0 Å². The second-order valence-electron chi connectivity index (χ2n) is 5.98. The van der Waals surface area contributed by atoms with Crippen LogP contribution in [-0.2, 0) is 9.84 Å². The summed E-state index contributed by atoms with van der Waals surface area (Å²) in [7, 11) is -2.91. The molecule has 1 heterocycles. The van der Waals surface area contributed by atoms with E-state index in [1.165, 1.54) is 6.07 Å². The molecule has 1 fully saturated rings. The molecule has 1 aromatic carbocycles. The van der Waals surface area contributed by atoms with Crippen LogP contribution in [0, 0.1) is 11.7 Å². The Bertz CT molecular complexity index is 591. The van der Waals surface area contributed by atoms with E-state index < -0.39 is 15.9 Å². The number of nitrogens with zero attached hydrogens (tertiary/aromatic N) is 1. The van der Waals surface area contributed by atoms with Crippen LogP contribution in [0.15, 0.2) is 24.3 Å². The van der Waals surface area contributed by atoms with Crippen LogP contribution in [0.1, 0.15) is 25.5 Å². The van der Waals surface area contributed by atoms with E-state index in [2.05, 4.69) is 4.90 Å². The maximum absolute atomic E-state index is 13.8. The summed E-state index contributed by atoms with van der Waals surface area (Å²) in [5.74, 6) is 0.143. The van der Waals surface area contributed by atoms with Crippen molar-refractivity contribution in [2.45, 2.75) is 25.9 Å². The first kappa shape index (κ1) is 16.4. The maximum atomic E-state index is 13.8. The summed E-state index contributed by atoms with van der Waals surface area (Å²) in [4.78, 5) is 2.13. The highest BCUT2D eigenvalue weighted by atomic mass is 32.2. The minimum atomic E-state index is -2.91. The summed E-state index contributed by atoms with van der Waals surface area (Å²) < 4.78 is 37.0. The van der Waals surface area contributed by atoms with Gasteiger partial charge in [0, 0.05) is 30.7 Å². The number of nitrogens with two attached hydrogens (primary N) is 1. The monoisotopic (exact) mass is 314 g/mol. The van der Waals surface area contributed by atoms with Gasteiger partial charge in [0.25, 0.3) is 0 Å². The molecule has 2 N–H and O–H groups in total. The Labute approximate surface area is 126 Å². The number of hydrogen-bond acceptors (Lipinski definition) is 4. The summed E-state index contributed by atoms with van der Waals surface area (Å²) in [5, 5.41) is 0. The normalized spacial score (nSPS) is 25.4. The third-order valence-electron chi connectivity index (χ3n) is 4.21. The highest BCUT2D eigenvalue weighted by Gasteiger charge is 2.30. The lowest BCUT2D eigenvalue weighted by Gasteiger charge is -2.36. The fourth-order valence-corrected chi connectivity index (χ4v) is 4.46. The highest BCUT2D eigenvalue weighted by Crippen LogP contribution is 2.24. The second-order valence-corrected chi connectivity index (χ2v) is 8.21. The van der Waals surface area contributed by atoms with Crippen molar-refractivity contribution in [3.63, 3.8) is 0 Å². The van der Waals surface area contributed by atoms with E-state index in [1.54, 1.807) is 18.2 Å². The van der Waals surface area contributed by atoms with Gasteiger partial charge in [-0.3, -0.25) is 4.90 Å². The van der Waals surface area contributed by atoms with E-state index >= 15 is 0 Å². The van der Waals surface area contributed by atoms with Gasteiger partial charge in [-0.25, -0.2) is 12.8 Å². The van der Waals surface area contributed by atoms with Crippen molar-refractivity contribution in [2.24, 2.45) is 11.7 Å². The molecule has 6 heteroatoms. The minimum Gasteiger partial charge on any atom is -0.324 e. The Morgan fingerprint density at radius 1 is 1.43 bits per heavy atom. The van der Waals surface area contributed by atoms with E-state index in [4.69, 9.17) is 5.73 Å². The largest absolute Gasteiger partial charge is 0.324 e. The van der Waals surface area contributed by atoms with Gasteiger partial charge in [-0.1, -0.05) is 25.1 Å². The van der Waals surface area contributed by atoms with Gasteiger partial charge < -0.3 is 5.73 Å². The van der Waals surface area contributed by atoms with Crippen molar-refractivity contribution in [3.05, 3.63) is 35.6 Å². The zero-order chi connectivity index (χ0) is 15.6. The second kappa shape index (κ2) is 6.42. The molecule has 1 aliphatic rings. The zero-order valence-electron chi connectivity index (χ0n) is 12.5. The van der Waals surface area contributed by atoms with Crippen molar-refractivity contribution in [1.29, 1.82) is 0 Å². The van der Waals surface area contributed by atoms with Crippen LogP contribution in [0.5, 0.6) is 0 Å². The number of hydrogen-bond donors (Lipinski definition) is 1. The molecule has 0 radical (unpaired) electrons. The first-order chi connectivity index (χ1) is 9.80. The molecule has 1 aromatic rings. The van der Waals surface area contributed by atoms with E-state index in [9.17, 15) is 12.8 Å². The summed E-state index contributed by atoms with van der Waals surface area (Å²) in [6.07, 6.45) is 0. The summed E-state index contributed by atoms with van der Waals surface area (Å²) in [6, 6.07) is 6.14. The summed E-state index contributed by atoms with van der Waals surface area (Å²) in [6.45, 7) is 5.09. The van der Waals surface area contributed by atoms with E-state index in [-0.39, 0.29) is 29.3 Å². The first-order valence-electron chi connectivity index (χ1n) is 7.24. The molecule has 0 spiro atoms. The van der Waals surface area contributed by atoms with Gasteiger partial charge in [-0.2, -0.15) is 0 Å². The van der Waals surface area contributed by atoms with Gasteiger partial charge in [0.15, 0.2) is 9.84 Å². The smallest absolute Gasteiger partial charge is 0.153 e. The SMILES string of the molecule is CC(CN1CCS(=O)(=O)CC1C)C(N)c1ccccc1F. The number of halogens is 1. The van der Waals surface area contributed by atoms with Crippen molar-refractivity contribution >= 4 is 9.84 Å². The molecule has 0 aliphatic carbocycles. The molecular weight excluding hydrogens is 291 g/mol. The van der Waals surface area contributed by atoms with Gasteiger partial charge in [0.05, 0.1) is 11.5 Å². The quantitative estimate of drug-likeness (QED) is 0.916. The summed E-state index contributed by atoms with van der Waals surface area (Å²) in [5.41, 5.74) is 6.69. The van der Waals surface area contributed by atoms with Gasteiger partial charge in [-0.15, -0.1) is 0 Å². The average Bonchev–Trinajstić information content (AvgIpc) is 2.41. The van der Waals surface area contributed by atoms with Gasteiger partial charge in [0.1, 0.15) is 5.82 Å². The zero-order valence-corrected chi connectivity index (χ0v) is 13.3. The van der Waals surface area contributed by atoms with E-state index in [0.717, 1.165) is 0 Å². The third kappa shape index (κ3) is 4.02. The molecule has 21 heavy (non-hydrogen) atoms. The third-order valence-corrected chi connectivity index (χ3v) is 6.00. The number of rotatable bonds is 4. The lowest BCUT2D eigenvalue weighted by atomic mass is 9.94. The Morgan fingerprint density at radius 3 is 2.71 bits per heavy atom. The molecule has 1 aliphatic heterocycles. The van der Waals surface area contributed by atoms with Crippen LogP contribution in [0.4, 0.5) is 4.39 Å². The average molecular weight is 314 g/mol. The molecular formula is C15H23FN2O2S. The van der Waals surface area contributed by atoms with Crippen molar-refractivity contribution in [2.75, 3.05) is 24.6 Å². The fraction of sp³-hybridized carbons (Fsp3) is 0.600. The lowest BCUT2D eigenvalue weighted by Crippen LogP contribution is -2.49. The predicted molar refractivity (Wildman–Crippen MR) is 82.2 cm³/mol. The Kier molecular flexibility index (Phi) is 5.01. The molecule has 3 atom stereocenters. The topological polar surface area (TPSA) is 63.4 Å². The molecule has 0 amide bonds. The molecule has 0 aromatic heterocycles. The van der Waals surface area contributed by atoms with Crippen LogP contribution in [0.25, 0.3) is 0 Å². The van der Waals surface area contributed by atoms with Crippen LogP contribution in [0.2, 0.25) is 0 Å². The first-order valence-corrected chi connectivity index (χ1v) is 9.07. The lowest BCUT2D eigenvalue weighted by molar-refractivity contribution is 0.185. The Morgan fingerprint density at radius 2 is 2.10 bits per heavy atom. The highest BCUT2D eigenvalue weighted by molar-refractivity contribution is 7.91. The molecule has 118 valence electrons. The number of sulfone groups is 1. The van der Waals surface area contributed by atoms with Crippen molar-refractivity contribution < 1.29 is 12.8 Å². The molecule has 3 unspecified atom stereocenters. The van der Waals surface area contributed by atoms with Crippen LogP contribution < -0.4 is 5.73 Å². The van der Waals surface area contributed by atoms with Crippen LogP contribution >= 0.6 is 0 Å². The summed E-state index contributed by atoms with van der Waals surface area (Å²) >= 11 is 0. The molecule has 4 nitrogen and oxygen atoms in total. The molecule has 1 saturated heterocycles. The van der Waals surface area contributed by atoms with E-state index in [1.807, 2.05) is 13.8 Å². The number of benzene rings is 1. The molecule has 0 saturated carbocycles. The van der Waals surface area contributed by atoms with E-state index in [0.29, 0.717) is 18.7 Å². The van der Waals surface area contributed by atoms with Gasteiger partial charge >= 0.3 is 0 Å². The standard InChI is InChI=1S/C15H23FN2O2S/c1-11(15(17)13-5-3-4-6-14(13)16)9-18-7-8-21(19,20)10-12(18)2/h3-6,11-12,15H,7-10,17H2,1-2H3. The minimum absolute atomic E-state index is 0.0148. The van der Waals surface area contributed by atoms with Crippen LogP contribution in [-0.4, -0.2) is 44.0 Å². The Balaban J connectivity index is 2.01. The molecule has 0 bridgehead atoms. The predicted octanol–water partition coefficient (Wildman–Crippen LogP) is 1.58.